The number of likely N-dealkylation sites (tertiary alicyclic amines) is 1. The molecule has 0 aromatic heterocycles. The summed E-state index contributed by atoms with van der Waals surface area (Å²) in [6.45, 7) is 3.75. The summed E-state index contributed by atoms with van der Waals surface area (Å²) in [5.74, 6) is 0.301. The molecule has 1 aliphatic rings. The maximum absolute atomic E-state index is 12.5. The van der Waals surface area contributed by atoms with Crippen LogP contribution in [0.2, 0.25) is 0 Å². The van der Waals surface area contributed by atoms with Crippen LogP contribution >= 0.6 is 0 Å². The van der Waals surface area contributed by atoms with Crippen molar-refractivity contribution >= 4 is 23.2 Å². The van der Waals surface area contributed by atoms with E-state index in [2.05, 4.69) is 12.2 Å². The molecule has 0 aliphatic carbocycles. The fourth-order valence-electron chi connectivity index (χ4n) is 3.03. The van der Waals surface area contributed by atoms with Gasteiger partial charge in [-0.2, -0.15) is 0 Å². The average molecular weight is 367 g/mol. The number of piperidine rings is 1. The monoisotopic (exact) mass is 367 g/mol. The van der Waals surface area contributed by atoms with E-state index >= 15 is 0 Å². The van der Waals surface area contributed by atoms with Crippen LogP contribution < -0.4 is 5.32 Å². The molecule has 2 amide bonds. The normalized spacial score (nSPS) is 14.6. The van der Waals surface area contributed by atoms with E-state index in [1.807, 2.05) is 4.90 Å². The zero-order valence-corrected chi connectivity index (χ0v) is 15.1. The first-order valence-electron chi connectivity index (χ1n) is 8.89. The molecule has 0 unspecified atom stereocenters. The number of anilines is 1. The third-order valence-corrected chi connectivity index (χ3v) is 4.80. The van der Waals surface area contributed by atoms with E-state index in [0.29, 0.717) is 22.7 Å². The van der Waals surface area contributed by atoms with Crippen molar-refractivity contribution in [2.75, 3.05) is 18.4 Å². The number of hydrogen-bond donors (Lipinski definition) is 1. The van der Waals surface area contributed by atoms with Crippen molar-refractivity contribution < 1.29 is 14.5 Å². The Balaban J connectivity index is 1.62. The largest absolute Gasteiger partial charge is 0.339 e. The van der Waals surface area contributed by atoms with Crippen LogP contribution in [0.15, 0.2) is 48.5 Å². The summed E-state index contributed by atoms with van der Waals surface area (Å²) in [5, 5.41) is 13.4. The molecular formula is C20H21N3O4. The predicted molar refractivity (Wildman–Crippen MR) is 102 cm³/mol. The first-order valence-corrected chi connectivity index (χ1v) is 8.89. The number of nitrogens with zero attached hydrogens (tertiary/aromatic N) is 2. The van der Waals surface area contributed by atoms with E-state index in [1.165, 1.54) is 24.3 Å². The first-order chi connectivity index (χ1) is 12.9. The molecule has 1 fully saturated rings. The van der Waals surface area contributed by atoms with E-state index in [1.54, 1.807) is 24.3 Å². The minimum absolute atomic E-state index is 0.00939. The fraction of sp³-hybridized carbons (Fsp3) is 0.300. The highest BCUT2D eigenvalue weighted by Gasteiger charge is 2.21. The maximum atomic E-state index is 12.5. The van der Waals surface area contributed by atoms with Gasteiger partial charge in [0.15, 0.2) is 0 Å². The molecule has 1 aliphatic heterocycles. The summed E-state index contributed by atoms with van der Waals surface area (Å²) in [6.07, 6.45) is 2.05. The second-order valence-electron chi connectivity index (χ2n) is 6.81. The van der Waals surface area contributed by atoms with Gasteiger partial charge in [-0.25, -0.2) is 0 Å². The van der Waals surface area contributed by atoms with Gasteiger partial charge >= 0.3 is 0 Å². The van der Waals surface area contributed by atoms with Gasteiger partial charge < -0.3 is 10.2 Å². The van der Waals surface area contributed by atoms with Crippen molar-refractivity contribution in [1.82, 2.24) is 4.90 Å². The van der Waals surface area contributed by atoms with Gasteiger partial charge in [0.2, 0.25) is 0 Å². The highest BCUT2D eigenvalue weighted by Crippen LogP contribution is 2.19. The second kappa shape index (κ2) is 7.99. The van der Waals surface area contributed by atoms with E-state index < -0.39 is 4.92 Å². The van der Waals surface area contributed by atoms with Crippen LogP contribution in [-0.4, -0.2) is 34.7 Å². The summed E-state index contributed by atoms with van der Waals surface area (Å²) >= 11 is 0. The number of hydrogen-bond acceptors (Lipinski definition) is 4. The van der Waals surface area contributed by atoms with Crippen LogP contribution in [0.1, 0.15) is 40.5 Å². The van der Waals surface area contributed by atoms with Crippen molar-refractivity contribution in [3.63, 3.8) is 0 Å². The van der Waals surface area contributed by atoms with Crippen LogP contribution in [0, 0.1) is 16.0 Å². The van der Waals surface area contributed by atoms with Gasteiger partial charge in [0.25, 0.3) is 17.5 Å². The molecule has 3 rings (SSSR count). The Morgan fingerprint density at radius 3 is 2.11 bits per heavy atom. The fourth-order valence-corrected chi connectivity index (χ4v) is 3.03. The summed E-state index contributed by atoms with van der Waals surface area (Å²) in [4.78, 5) is 36.8. The number of carbonyl (C=O) groups is 2. The van der Waals surface area contributed by atoms with Gasteiger partial charge in [0.05, 0.1) is 4.92 Å². The molecule has 0 atom stereocenters. The molecule has 0 saturated carbocycles. The Hall–Kier alpha value is -3.22. The minimum atomic E-state index is -0.513. The Morgan fingerprint density at radius 1 is 1.00 bits per heavy atom. The summed E-state index contributed by atoms with van der Waals surface area (Å²) in [6, 6.07) is 12.2. The lowest BCUT2D eigenvalue weighted by molar-refractivity contribution is -0.384. The number of amides is 2. The molecule has 7 nitrogen and oxygen atoms in total. The summed E-state index contributed by atoms with van der Waals surface area (Å²) in [5.41, 5.74) is 1.41. The zero-order valence-electron chi connectivity index (χ0n) is 15.1. The van der Waals surface area contributed by atoms with Crippen LogP contribution in [-0.2, 0) is 0 Å². The number of rotatable bonds is 4. The van der Waals surface area contributed by atoms with Crippen LogP contribution in [0.25, 0.3) is 0 Å². The van der Waals surface area contributed by atoms with E-state index in [4.69, 9.17) is 0 Å². The Bertz CT molecular complexity index is 839. The SMILES string of the molecule is CC1CCN(C(=O)c2ccc(NC(=O)c3ccc([N+](=O)[O-])cc3)cc2)CC1. The number of benzene rings is 2. The van der Waals surface area contributed by atoms with Gasteiger partial charge in [-0.05, 0) is 55.2 Å². The second-order valence-corrected chi connectivity index (χ2v) is 6.81. The van der Waals surface area contributed by atoms with Crippen LogP contribution in [0.4, 0.5) is 11.4 Å². The zero-order chi connectivity index (χ0) is 19.4. The maximum Gasteiger partial charge on any atom is 0.269 e. The molecule has 2 aromatic rings. The number of nitro benzene ring substituents is 1. The number of nitrogens with one attached hydrogen (secondary N) is 1. The number of non-ortho nitro benzene ring substituents is 1. The van der Waals surface area contributed by atoms with E-state index in [-0.39, 0.29) is 17.5 Å². The van der Waals surface area contributed by atoms with Gasteiger partial charge in [-0.15, -0.1) is 0 Å². The quantitative estimate of drug-likeness (QED) is 0.658. The van der Waals surface area contributed by atoms with Gasteiger partial charge in [0, 0.05) is 42.0 Å². The third kappa shape index (κ3) is 4.49. The van der Waals surface area contributed by atoms with Gasteiger partial charge in [-0.1, -0.05) is 6.92 Å². The third-order valence-electron chi connectivity index (χ3n) is 4.80. The molecule has 0 spiro atoms. The van der Waals surface area contributed by atoms with Crippen LogP contribution in [0.3, 0.4) is 0 Å². The van der Waals surface area contributed by atoms with Gasteiger partial charge in [-0.3, -0.25) is 19.7 Å². The molecule has 2 aromatic carbocycles. The lowest BCUT2D eigenvalue weighted by Crippen LogP contribution is -2.37. The van der Waals surface area contributed by atoms with Crippen molar-refractivity contribution in [3.8, 4) is 0 Å². The minimum Gasteiger partial charge on any atom is -0.339 e. The average Bonchev–Trinajstić information content (AvgIpc) is 2.68. The highest BCUT2D eigenvalue weighted by atomic mass is 16.6. The number of nitro groups is 1. The van der Waals surface area contributed by atoms with Crippen LogP contribution in [0.5, 0.6) is 0 Å². The molecule has 27 heavy (non-hydrogen) atoms. The van der Waals surface area contributed by atoms with Crippen molar-refractivity contribution in [3.05, 3.63) is 69.8 Å². The van der Waals surface area contributed by atoms with Crippen molar-refractivity contribution in [1.29, 1.82) is 0 Å². The van der Waals surface area contributed by atoms with E-state index in [9.17, 15) is 19.7 Å². The Labute approximate surface area is 157 Å². The molecule has 1 heterocycles. The standard InChI is InChI=1S/C20H21N3O4/c1-14-10-12-22(13-11-14)20(25)16-2-6-17(7-3-16)21-19(24)15-4-8-18(9-5-15)23(26)27/h2-9,14H,10-13H2,1H3,(H,21,24). The molecule has 1 N–H and O–H groups in total. The lowest BCUT2D eigenvalue weighted by atomic mass is 9.98. The van der Waals surface area contributed by atoms with Crippen molar-refractivity contribution in [2.45, 2.75) is 19.8 Å². The van der Waals surface area contributed by atoms with Gasteiger partial charge in [0.1, 0.15) is 0 Å². The first kappa shape index (κ1) is 18.6. The van der Waals surface area contributed by atoms with Crippen molar-refractivity contribution in [2.24, 2.45) is 5.92 Å². The summed E-state index contributed by atoms with van der Waals surface area (Å²) < 4.78 is 0. The molecule has 1 saturated heterocycles. The summed E-state index contributed by atoms with van der Waals surface area (Å²) in [7, 11) is 0. The molecule has 0 radical (unpaired) electrons. The van der Waals surface area contributed by atoms with E-state index in [0.717, 1.165) is 25.9 Å². The highest BCUT2D eigenvalue weighted by molar-refractivity contribution is 6.04. The molecular weight excluding hydrogens is 346 g/mol. The topological polar surface area (TPSA) is 92.6 Å². The molecule has 7 heteroatoms. The molecule has 140 valence electrons. The smallest absolute Gasteiger partial charge is 0.269 e. The number of carbonyl (C=O) groups excluding carboxylic acids is 2. The lowest BCUT2D eigenvalue weighted by Gasteiger charge is -2.30. The Morgan fingerprint density at radius 2 is 1.56 bits per heavy atom. The predicted octanol–water partition coefficient (Wildman–Crippen LogP) is 3.72. The Kier molecular flexibility index (Phi) is 5.49. The molecule has 0 bridgehead atoms.